The van der Waals surface area contributed by atoms with Crippen molar-refractivity contribution in [1.29, 1.82) is 0 Å². The molecular weight excluding hydrogens is 419 g/mol. The summed E-state index contributed by atoms with van der Waals surface area (Å²) in [7, 11) is 0. The van der Waals surface area contributed by atoms with Crippen LogP contribution in [0, 0.1) is 0 Å². The van der Waals surface area contributed by atoms with Gasteiger partial charge in [-0.25, -0.2) is 4.99 Å². The molecule has 3 aromatic carbocycles. The van der Waals surface area contributed by atoms with E-state index in [0.29, 0.717) is 21.3 Å². The van der Waals surface area contributed by atoms with Gasteiger partial charge in [0.1, 0.15) is 0 Å². The van der Waals surface area contributed by atoms with Gasteiger partial charge in [0.2, 0.25) is 0 Å². The van der Waals surface area contributed by atoms with E-state index in [4.69, 9.17) is 0 Å². The van der Waals surface area contributed by atoms with E-state index in [2.05, 4.69) is 10.3 Å². The standard InChI is InChI=1S/C24H18N2O3S.Na/c27-22(28)15-16-9-11-20(12-10-16)25-24-26-23(29)21(30-24)14-17-5-4-8-19(13-17)18-6-2-1-3-7-18;/h1-14H,15H2,(H,27,28)(H,25,26,29);/q;+1/p-1. The number of hydrogen-bond acceptors (Lipinski definition) is 5. The zero-order chi connectivity index (χ0) is 20.9. The third kappa shape index (κ3) is 6.18. The normalized spacial score (nSPS) is 15.5. The van der Waals surface area contributed by atoms with Crippen molar-refractivity contribution in [3.05, 3.63) is 94.9 Å². The van der Waals surface area contributed by atoms with Crippen LogP contribution in [0.4, 0.5) is 5.69 Å². The quantitative estimate of drug-likeness (QED) is 0.468. The number of rotatable bonds is 5. The number of amidine groups is 1. The molecule has 1 saturated heterocycles. The Bertz CT molecular complexity index is 1160. The maximum Gasteiger partial charge on any atom is 1.00 e. The summed E-state index contributed by atoms with van der Waals surface area (Å²) in [5, 5.41) is 13.9. The van der Waals surface area contributed by atoms with Crippen molar-refractivity contribution in [2.45, 2.75) is 6.42 Å². The van der Waals surface area contributed by atoms with Crippen LogP contribution < -0.4 is 40.0 Å². The number of nitrogens with one attached hydrogen (secondary N) is 1. The Morgan fingerprint density at radius 2 is 1.68 bits per heavy atom. The number of carbonyl (C=O) groups excluding carboxylic acids is 2. The SMILES string of the molecule is O=C([O-])Cc1ccc(N=C2NC(=O)C(=Cc3cccc(-c4ccccc4)c3)S2)cc1.[Na+]. The van der Waals surface area contributed by atoms with Crippen LogP contribution in [0.3, 0.4) is 0 Å². The zero-order valence-electron chi connectivity index (χ0n) is 16.9. The van der Waals surface area contributed by atoms with Crippen molar-refractivity contribution in [1.82, 2.24) is 5.32 Å². The van der Waals surface area contributed by atoms with E-state index in [0.717, 1.165) is 16.7 Å². The smallest absolute Gasteiger partial charge is 0.550 e. The van der Waals surface area contributed by atoms with Crippen LogP contribution >= 0.6 is 11.8 Å². The summed E-state index contributed by atoms with van der Waals surface area (Å²) in [6.45, 7) is 0. The molecule has 0 spiro atoms. The molecule has 1 aliphatic heterocycles. The fourth-order valence-electron chi connectivity index (χ4n) is 3.04. The summed E-state index contributed by atoms with van der Waals surface area (Å²) in [5.41, 5.74) is 4.40. The first-order valence-electron chi connectivity index (χ1n) is 9.31. The molecule has 0 aromatic heterocycles. The summed E-state index contributed by atoms with van der Waals surface area (Å²) >= 11 is 1.27. The summed E-state index contributed by atoms with van der Waals surface area (Å²) in [5.74, 6) is -1.32. The molecule has 1 fully saturated rings. The maximum absolute atomic E-state index is 12.4. The van der Waals surface area contributed by atoms with E-state index in [-0.39, 0.29) is 41.9 Å². The molecule has 31 heavy (non-hydrogen) atoms. The van der Waals surface area contributed by atoms with E-state index in [1.807, 2.05) is 60.7 Å². The number of nitrogens with zero attached hydrogens (tertiary/aromatic N) is 1. The summed E-state index contributed by atoms with van der Waals surface area (Å²) in [6.07, 6.45) is 1.70. The van der Waals surface area contributed by atoms with Gasteiger partial charge in [0.25, 0.3) is 5.91 Å². The monoisotopic (exact) mass is 436 g/mol. The van der Waals surface area contributed by atoms with Crippen molar-refractivity contribution in [3.63, 3.8) is 0 Å². The van der Waals surface area contributed by atoms with E-state index in [1.54, 1.807) is 24.3 Å². The first-order valence-corrected chi connectivity index (χ1v) is 10.1. The molecule has 0 bridgehead atoms. The molecule has 1 N–H and O–H groups in total. The minimum absolute atomic E-state index is 0. The Balaban J connectivity index is 0.00000272. The maximum atomic E-state index is 12.4. The van der Waals surface area contributed by atoms with Crippen LogP contribution in [-0.2, 0) is 16.0 Å². The molecule has 1 amide bonds. The molecule has 148 valence electrons. The molecule has 0 atom stereocenters. The first kappa shape index (κ1) is 23.0. The van der Waals surface area contributed by atoms with Gasteiger partial charge in [-0.15, -0.1) is 0 Å². The number of carboxylic acids is 1. The third-order valence-corrected chi connectivity index (χ3v) is 5.37. The molecule has 3 aromatic rings. The predicted molar refractivity (Wildman–Crippen MR) is 118 cm³/mol. The van der Waals surface area contributed by atoms with Gasteiger partial charge in [-0.1, -0.05) is 60.7 Å². The van der Waals surface area contributed by atoms with Crippen LogP contribution in [0.2, 0.25) is 0 Å². The molecule has 0 radical (unpaired) electrons. The Morgan fingerprint density at radius 1 is 0.968 bits per heavy atom. The summed E-state index contributed by atoms with van der Waals surface area (Å²) in [4.78, 5) is 28.0. The van der Waals surface area contributed by atoms with Crippen LogP contribution in [0.5, 0.6) is 0 Å². The van der Waals surface area contributed by atoms with Crippen molar-refractivity contribution in [2.24, 2.45) is 4.99 Å². The summed E-state index contributed by atoms with van der Waals surface area (Å²) in [6, 6.07) is 24.9. The number of aliphatic carboxylic acids is 1. The van der Waals surface area contributed by atoms with Gasteiger partial charge in [-0.3, -0.25) is 4.79 Å². The Morgan fingerprint density at radius 3 is 2.39 bits per heavy atom. The largest absolute Gasteiger partial charge is 1.00 e. The Hall–Kier alpha value is -2.64. The number of benzene rings is 3. The van der Waals surface area contributed by atoms with Crippen LogP contribution in [0.25, 0.3) is 17.2 Å². The zero-order valence-corrected chi connectivity index (χ0v) is 19.7. The molecule has 7 heteroatoms. The average Bonchev–Trinajstić information content (AvgIpc) is 3.08. The Kier molecular flexibility index (Phi) is 7.87. The molecule has 0 unspecified atom stereocenters. The topological polar surface area (TPSA) is 81.6 Å². The second kappa shape index (κ2) is 10.6. The molecule has 1 aliphatic rings. The number of hydrogen-bond donors (Lipinski definition) is 1. The predicted octanol–water partition coefficient (Wildman–Crippen LogP) is 0.542. The third-order valence-electron chi connectivity index (χ3n) is 4.46. The number of carbonyl (C=O) groups is 2. The molecule has 0 aliphatic carbocycles. The van der Waals surface area contributed by atoms with Crippen LogP contribution in [0.1, 0.15) is 11.1 Å². The minimum atomic E-state index is -1.13. The fourth-order valence-corrected chi connectivity index (χ4v) is 3.88. The van der Waals surface area contributed by atoms with Crippen molar-refractivity contribution >= 4 is 40.6 Å². The second-order valence-corrected chi connectivity index (χ2v) is 7.72. The first-order chi connectivity index (χ1) is 14.6. The van der Waals surface area contributed by atoms with Gasteiger partial charge in [0.05, 0.1) is 10.6 Å². The van der Waals surface area contributed by atoms with Crippen molar-refractivity contribution in [3.8, 4) is 11.1 Å². The Labute approximate surface area is 206 Å². The van der Waals surface area contributed by atoms with Crippen LogP contribution in [-0.4, -0.2) is 17.0 Å². The number of amides is 1. The van der Waals surface area contributed by atoms with Crippen molar-refractivity contribution in [2.75, 3.05) is 0 Å². The fraction of sp³-hybridized carbons (Fsp3) is 0.0417. The number of thioether (sulfide) groups is 1. The average molecular weight is 436 g/mol. The second-order valence-electron chi connectivity index (χ2n) is 6.69. The molecule has 4 rings (SSSR count). The van der Waals surface area contributed by atoms with E-state index < -0.39 is 5.97 Å². The molecule has 0 saturated carbocycles. The minimum Gasteiger partial charge on any atom is -0.550 e. The van der Waals surface area contributed by atoms with Gasteiger partial charge in [-0.2, -0.15) is 0 Å². The molecule has 1 heterocycles. The summed E-state index contributed by atoms with van der Waals surface area (Å²) < 4.78 is 0. The van der Waals surface area contributed by atoms with Gasteiger partial charge < -0.3 is 15.2 Å². The van der Waals surface area contributed by atoms with Crippen LogP contribution in [0.15, 0.2) is 88.8 Å². The van der Waals surface area contributed by atoms with Gasteiger partial charge in [0, 0.05) is 12.4 Å². The van der Waals surface area contributed by atoms with E-state index >= 15 is 0 Å². The molecule has 5 nitrogen and oxygen atoms in total. The molecular formula is C24H17N2NaO3S. The number of carboxylic acid groups (broad SMARTS) is 1. The van der Waals surface area contributed by atoms with Gasteiger partial charge in [-0.05, 0) is 58.3 Å². The number of aliphatic imine (C=N–C) groups is 1. The van der Waals surface area contributed by atoms with Crippen molar-refractivity contribution < 1.29 is 44.3 Å². The van der Waals surface area contributed by atoms with Gasteiger partial charge in [0.15, 0.2) is 5.17 Å². The van der Waals surface area contributed by atoms with Gasteiger partial charge >= 0.3 is 29.6 Å². The van der Waals surface area contributed by atoms with E-state index in [9.17, 15) is 14.7 Å². The van der Waals surface area contributed by atoms with E-state index in [1.165, 1.54) is 11.8 Å².